The minimum Gasteiger partial charge on any atom is -0.465 e. The predicted molar refractivity (Wildman–Crippen MR) is 131 cm³/mol. The number of rotatable bonds is 7. The SMILES string of the molecule is COC(=O)c1ccc(N2C[C@H]3CC(OCc4c(-c5ccccc5C(F)(F)F)noc4C4CC4)C[C@H]3C2)nc1. The van der Waals surface area contributed by atoms with Crippen molar-refractivity contribution < 1.29 is 32.0 Å². The van der Waals surface area contributed by atoms with Crippen molar-refractivity contribution in [2.24, 2.45) is 11.8 Å². The Morgan fingerprint density at radius 1 is 1.11 bits per heavy atom. The Morgan fingerprint density at radius 3 is 2.47 bits per heavy atom. The first-order valence-corrected chi connectivity index (χ1v) is 12.9. The fourth-order valence-corrected chi connectivity index (χ4v) is 5.86. The summed E-state index contributed by atoms with van der Waals surface area (Å²) in [6.07, 6.45) is 0.707. The van der Waals surface area contributed by atoms with Crippen LogP contribution in [0.4, 0.5) is 19.0 Å². The second-order valence-corrected chi connectivity index (χ2v) is 10.4. The number of pyridine rings is 1. The van der Waals surface area contributed by atoms with Gasteiger partial charge in [-0.3, -0.25) is 0 Å². The Hall–Kier alpha value is -3.40. The number of carbonyl (C=O) groups is 1. The normalized spacial score (nSPS) is 23.1. The van der Waals surface area contributed by atoms with E-state index in [1.807, 2.05) is 6.07 Å². The molecule has 10 heteroatoms. The minimum atomic E-state index is -4.49. The quantitative estimate of drug-likeness (QED) is 0.357. The van der Waals surface area contributed by atoms with Crippen LogP contribution in [0.1, 0.15) is 58.8 Å². The first-order valence-electron chi connectivity index (χ1n) is 12.9. The number of aromatic nitrogens is 2. The van der Waals surface area contributed by atoms with Gasteiger partial charge in [-0.1, -0.05) is 23.4 Å². The van der Waals surface area contributed by atoms with Gasteiger partial charge >= 0.3 is 12.1 Å². The van der Waals surface area contributed by atoms with Crippen molar-refractivity contribution in [1.82, 2.24) is 10.1 Å². The Morgan fingerprint density at radius 2 is 1.84 bits per heavy atom. The number of nitrogens with zero attached hydrogens (tertiary/aromatic N) is 3. The second-order valence-electron chi connectivity index (χ2n) is 10.4. The number of hydrogen-bond acceptors (Lipinski definition) is 7. The molecule has 3 heterocycles. The fourth-order valence-electron chi connectivity index (χ4n) is 5.86. The first kappa shape index (κ1) is 24.9. The number of benzene rings is 1. The first-order chi connectivity index (χ1) is 18.3. The summed E-state index contributed by atoms with van der Waals surface area (Å²) in [7, 11) is 1.34. The van der Waals surface area contributed by atoms with Crippen molar-refractivity contribution in [2.45, 2.75) is 50.5 Å². The van der Waals surface area contributed by atoms with Crippen LogP contribution >= 0.6 is 0 Å². The summed E-state index contributed by atoms with van der Waals surface area (Å²) in [4.78, 5) is 18.3. The number of halogens is 3. The van der Waals surface area contributed by atoms with E-state index in [4.69, 9.17) is 14.0 Å². The Kier molecular flexibility index (Phi) is 6.37. The van der Waals surface area contributed by atoms with Gasteiger partial charge in [0.25, 0.3) is 0 Å². The fraction of sp³-hybridized carbons (Fsp3) is 0.464. The number of ether oxygens (including phenoxy) is 2. The van der Waals surface area contributed by atoms with Crippen LogP contribution in [-0.2, 0) is 22.3 Å². The van der Waals surface area contributed by atoms with Gasteiger partial charge < -0.3 is 18.9 Å². The van der Waals surface area contributed by atoms with Crippen LogP contribution in [0.5, 0.6) is 0 Å². The van der Waals surface area contributed by atoms with E-state index in [2.05, 4.69) is 15.0 Å². The molecule has 1 saturated heterocycles. The smallest absolute Gasteiger partial charge is 0.417 e. The molecule has 3 fully saturated rings. The number of esters is 1. The molecular formula is C28H28F3N3O4. The van der Waals surface area contributed by atoms with Gasteiger partial charge in [-0.2, -0.15) is 13.2 Å². The van der Waals surface area contributed by atoms with E-state index in [1.54, 1.807) is 12.1 Å². The molecule has 1 aliphatic heterocycles. The highest BCUT2D eigenvalue weighted by molar-refractivity contribution is 5.89. The molecular weight excluding hydrogens is 499 g/mol. The molecule has 2 aromatic heterocycles. The van der Waals surface area contributed by atoms with Crippen LogP contribution < -0.4 is 4.90 Å². The molecule has 0 N–H and O–H groups in total. The molecule has 6 rings (SSSR count). The average molecular weight is 528 g/mol. The molecule has 0 radical (unpaired) electrons. The third kappa shape index (κ3) is 4.77. The van der Waals surface area contributed by atoms with Crippen LogP contribution in [0.15, 0.2) is 47.1 Å². The summed E-state index contributed by atoms with van der Waals surface area (Å²) in [5, 5.41) is 4.09. The number of fused-ring (bicyclic) bond motifs is 1. The highest BCUT2D eigenvalue weighted by Crippen LogP contribution is 2.47. The van der Waals surface area contributed by atoms with Crippen molar-refractivity contribution in [2.75, 3.05) is 25.1 Å². The van der Waals surface area contributed by atoms with Crippen molar-refractivity contribution in [1.29, 1.82) is 0 Å². The van der Waals surface area contributed by atoms with Gasteiger partial charge in [-0.25, -0.2) is 9.78 Å². The topological polar surface area (TPSA) is 77.7 Å². The maximum atomic E-state index is 13.7. The number of methoxy groups -OCH3 is 1. The Bertz CT molecular complexity index is 1310. The molecule has 2 aliphatic carbocycles. The van der Waals surface area contributed by atoms with Crippen molar-refractivity contribution >= 4 is 11.8 Å². The third-order valence-corrected chi connectivity index (χ3v) is 7.92. The molecule has 1 aromatic carbocycles. The van der Waals surface area contributed by atoms with Crippen LogP contribution in [0.3, 0.4) is 0 Å². The Balaban J connectivity index is 1.13. The van der Waals surface area contributed by atoms with E-state index in [1.165, 1.54) is 25.4 Å². The van der Waals surface area contributed by atoms with Gasteiger partial charge in [-0.05, 0) is 55.7 Å². The van der Waals surface area contributed by atoms with Crippen LogP contribution in [0.25, 0.3) is 11.3 Å². The molecule has 1 unspecified atom stereocenters. The number of carbonyl (C=O) groups excluding carboxylic acids is 1. The van der Waals surface area contributed by atoms with Crippen LogP contribution in [0.2, 0.25) is 0 Å². The third-order valence-electron chi connectivity index (χ3n) is 7.92. The predicted octanol–water partition coefficient (Wildman–Crippen LogP) is 5.85. The van der Waals surface area contributed by atoms with E-state index in [0.717, 1.165) is 50.7 Å². The molecule has 0 spiro atoms. The van der Waals surface area contributed by atoms with Gasteiger partial charge in [0.2, 0.25) is 0 Å². The average Bonchev–Trinajstić information content (AvgIpc) is 3.37. The highest BCUT2D eigenvalue weighted by atomic mass is 19.4. The summed E-state index contributed by atoms with van der Waals surface area (Å²) in [6, 6.07) is 9.05. The molecule has 3 atom stereocenters. The molecule has 0 amide bonds. The summed E-state index contributed by atoms with van der Waals surface area (Å²) in [6.45, 7) is 1.88. The van der Waals surface area contributed by atoms with Gasteiger partial charge in [0.05, 0.1) is 30.9 Å². The molecule has 38 heavy (non-hydrogen) atoms. The lowest BCUT2D eigenvalue weighted by Gasteiger charge is -2.20. The zero-order chi connectivity index (χ0) is 26.4. The standard InChI is InChI=1S/C28H28F3N3O4/c1-36-27(35)17-8-9-24(32-12-17)34-13-18-10-20(11-19(18)14-34)37-15-22-25(33-38-26(22)16-6-7-16)21-4-2-3-5-23(21)28(29,30)31/h2-5,8-9,12,16,18-20H,6-7,10-11,13-15H2,1H3/t18-,19+,20?. The molecule has 0 bridgehead atoms. The number of anilines is 1. The van der Waals surface area contributed by atoms with E-state index in [9.17, 15) is 18.0 Å². The van der Waals surface area contributed by atoms with E-state index >= 15 is 0 Å². The molecule has 3 aromatic rings. The second kappa shape index (κ2) is 9.72. The van der Waals surface area contributed by atoms with Gasteiger partial charge in [0.15, 0.2) is 0 Å². The van der Waals surface area contributed by atoms with E-state index < -0.39 is 17.7 Å². The zero-order valence-electron chi connectivity index (χ0n) is 20.9. The maximum Gasteiger partial charge on any atom is 0.417 e. The van der Waals surface area contributed by atoms with Gasteiger partial charge in [-0.15, -0.1) is 0 Å². The maximum absolute atomic E-state index is 13.7. The Labute approximate surface area is 217 Å². The molecule has 3 aliphatic rings. The van der Waals surface area contributed by atoms with E-state index in [0.29, 0.717) is 28.7 Å². The highest BCUT2D eigenvalue weighted by Gasteiger charge is 2.43. The van der Waals surface area contributed by atoms with Crippen molar-refractivity contribution in [3.8, 4) is 11.3 Å². The van der Waals surface area contributed by atoms with Crippen LogP contribution in [-0.4, -0.2) is 42.4 Å². The van der Waals surface area contributed by atoms with Crippen molar-refractivity contribution in [3.05, 3.63) is 65.0 Å². The van der Waals surface area contributed by atoms with Gasteiger partial charge in [0.1, 0.15) is 17.3 Å². The summed E-state index contributed by atoms with van der Waals surface area (Å²) in [5.74, 6) is 2.15. The summed E-state index contributed by atoms with van der Waals surface area (Å²) < 4.78 is 57.8. The number of hydrogen-bond donors (Lipinski definition) is 0. The number of alkyl halides is 3. The van der Waals surface area contributed by atoms with Crippen molar-refractivity contribution in [3.63, 3.8) is 0 Å². The summed E-state index contributed by atoms with van der Waals surface area (Å²) in [5.41, 5.74) is 0.587. The van der Waals surface area contributed by atoms with Gasteiger partial charge in [0, 0.05) is 36.3 Å². The largest absolute Gasteiger partial charge is 0.465 e. The molecule has 2 saturated carbocycles. The monoisotopic (exact) mass is 527 g/mol. The lowest BCUT2D eigenvalue weighted by Crippen LogP contribution is -2.24. The van der Waals surface area contributed by atoms with E-state index in [-0.39, 0.29) is 29.9 Å². The lowest BCUT2D eigenvalue weighted by atomic mass is 9.99. The zero-order valence-corrected chi connectivity index (χ0v) is 20.9. The minimum absolute atomic E-state index is 0.0227. The molecule has 7 nitrogen and oxygen atoms in total. The van der Waals surface area contributed by atoms with Crippen LogP contribution in [0, 0.1) is 11.8 Å². The lowest BCUT2D eigenvalue weighted by molar-refractivity contribution is -0.137. The summed E-state index contributed by atoms with van der Waals surface area (Å²) >= 11 is 0. The molecule has 200 valence electrons.